The first-order valence-electron chi connectivity index (χ1n) is 6.76. The van der Waals surface area contributed by atoms with Crippen LogP contribution < -0.4 is 0 Å². The number of fused-ring (bicyclic) bond motifs is 3. The Bertz CT molecular complexity index is 791. The summed E-state index contributed by atoms with van der Waals surface area (Å²) in [6.45, 7) is 1.69. The van der Waals surface area contributed by atoms with Crippen LogP contribution in [-0.2, 0) is 11.3 Å². The van der Waals surface area contributed by atoms with E-state index >= 15 is 0 Å². The van der Waals surface area contributed by atoms with Crippen LogP contribution >= 0.6 is 12.2 Å². The number of ether oxygens (including phenoxy) is 1. The second-order valence-electron chi connectivity index (χ2n) is 4.82. The van der Waals surface area contributed by atoms with Crippen molar-refractivity contribution >= 4 is 34.2 Å². The molecule has 0 saturated heterocycles. The van der Waals surface area contributed by atoms with Gasteiger partial charge in [0, 0.05) is 25.6 Å². The van der Waals surface area contributed by atoms with Crippen molar-refractivity contribution in [2.75, 3.05) is 13.7 Å². The van der Waals surface area contributed by atoms with Crippen LogP contribution in [0.25, 0.3) is 21.9 Å². The Labute approximate surface area is 122 Å². The lowest BCUT2D eigenvalue weighted by molar-refractivity contribution is 0.191. The zero-order valence-electron chi connectivity index (χ0n) is 11.4. The molecule has 0 aliphatic carbocycles. The van der Waals surface area contributed by atoms with Crippen molar-refractivity contribution < 1.29 is 4.74 Å². The average molecular weight is 287 g/mol. The van der Waals surface area contributed by atoms with Crippen molar-refractivity contribution in [1.82, 2.24) is 14.5 Å². The second kappa shape index (κ2) is 5.73. The van der Waals surface area contributed by atoms with Gasteiger partial charge in [-0.25, -0.2) is 0 Å². The molecular weight excluding hydrogens is 270 g/mol. The van der Waals surface area contributed by atoms with Gasteiger partial charge in [-0.05, 0) is 31.1 Å². The smallest absolute Gasteiger partial charge is 0.178 e. The summed E-state index contributed by atoms with van der Waals surface area (Å²) < 4.78 is 8.03. The van der Waals surface area contributed by atoms with Gasteiger partial charge in [0.2, 0.25) is 0 Å². The number of pyridine rings is 1. The van der Waals surface area contributed by atoms with Gasteiger partial charge in [0.15, 0.2) is 4.77 Å². The molecule has 0 bridgehead atoms. The van der Waals surface area contributed by atoms with Gasteiger partial charge < -0.3 is 14.3 Å². The van der Waals surface area contributed by atoms with Crippen molar-refractivity contribution in [1.29, 1.82) is 0 Å². The lowest BCUT2D eigenvalue weighted by atomic mass is 10.2. The molecule has 3 rings (SSSR count). The van der Waals surface area contributed by atoms with E-state index in [2.05, 4.69) is 20.6 Å². The predicted molar refractivity (Wildman–Crippen MR) is 83.5 cm³/mol. The number of methoxy groups -OCH3 is 1. The first-order chi connectivity index (χ1) is 9.81. The van der Waals surface area contributed by atoms with Crippen LogP contribution in [0.3, 0.4) is 0 Å². The number of unbranched alkanes of at least 4 members (excludes halogenated alkanes) is 1. The van der Waals surface area contributed by atoms with Crippen LogP contribution in [0.5, 0.6) is 0 Å². The Kier molecular flexibility index (Phi) is 3.80. The molecule has 0 amide bonds. The van der Waals surface area contributed by atoms with Gasteiger partial charge in [-0.15, -0.1) is 0 Å². The zero-order chi connectivity index (χ0) is 13.9. The number of nitrogens with one attached hydrogen (secondary N) is 1. The monoisotopic (exact) mass is 287 g/mol. The maximum Gasteiger partial charge on any atom is 0.178 e. The summed E-state index contributed by atoms with van der Waals surface area (Å²) in [6, 6.07) is 8.17. The number of imidazole rings is 1. The molecule has 0 saturated carbocycles. The minimum Gasteiger partial charge on any atom is -0.385 e. The van der Waals surface area contributed by atoms with E-state index in [1.165, 1.54) is 0 Å². The van der Waals surface area contributed by atoms with Crippen LogP contribution in [0.15, 0.2) is 30.5 Å². The van der Waals surface area contributed by atoms with Gasteiger partial charge in [0.05, 0.1) is 22.7 Å². The van der Waals surface area contributed by atoms with E-state index in [0.29, 0.717) is 0 Å². The van der Waals surface area contributed by atoms with E-state index in [-0.39, 0.29) is 0 Å². The lowest BCUT2D eigenvalue weighted by Gasteiger charge is -2.06. The fourth-order valence-corrected chi connectivity index (χ4v) is 2.82. The van der Waals surface area contributed by atoms with Crippen LogP contribution in [0, 0.1) is 4.77 Å². The zero-order valence-corrected chi connectivity index (χ0v) is 12.2. The van der Waals surface area contributed by atoms with Crippen LogP contribution in [-0.4, -0.2) is 28.3 Å². The number of hydrogen-bond donors (Lipinski definition) is 1. The number of aromatic amines is 1. The van der Waals surface area contributed by atoms with E-state index in [9.17, 15) is 0 Å². The molecule has 0 fully saturated rings. The Hall–Kier alpha value is -1.72. The third-order valence-corrected chi connectivity index (χ3v) is 3.81. The first-order valence-corrected chi connectivity index (χ1v) is 7.17. The summed E-state index contributed by atoms with van der Waals surface area (Å²) in [7, 11) is 1.73. The normalized spacial score (nSPS) is 11.4. The van der Waals surface area contributed by atoms with E-state index < -0.39 is 0 Å². The Morgan fingerprint density at radius 2 is 2.15 bits per heavy atom. The van der Waals surface area contributed by atoms with E-state index in [1.807, 2.05) is 24.4 Å². The summed E-state index contributed by atoms with van der Waals surface area (Å²) in [5.74, 6) is 0. The fraction of sp³-hybridized carbons (Fsp3) is 0.333. The number of benzene rings is 1. The molecular formula is C15H17N3OS. The number of hydrogen-bond acceptors (Lipinski definition) is 3. The molecule has 2 heterocycles. The highest BCUT2D eigenvalue weighted by Crippen LogP contribution is 2.23. The summed E-state index contributed by atoms with van der Waals surface area (Å²) in [4.78, 5) is 7.71. The topological polar surface area (TPSA) is 42.8 Å². The van der Waals surface area contributed by atoms with E-state index in [0.717, 1.165) is 52.7 Å². The maximum atomic E-state index is 5.44. The second-order valence-corrected chi connectivity index (χ2v) is 5.21. The quantitative estimate of drug-likeness (QED) is 0.575. The molecule has 104 valence electrons. The molecule has 0 unspecified atom stereocenters. The molecule has 0 aliphatic heterocycles. The molecule has 4 nitrogen and oxygen atoms in total. The standard InChI is InChI=1S/C15H17N3OS/c1-19-9-5-4-8-18-14-11-6-2-3-7-12(11)16-10-13(14)17-15(18)20/h2-3,6-7,10H,4-5,8-9H2,1H3,(H,17,20). The molecule has 5 heteroatoms. The molecule has 20 heavy (non-hydrogen) atoms. The number of para-hydroxylation sites is 1. The average Bonchev–Trinajstić information content (AvgIpc) is 2.80. The summed E-state index contributed by atoms with van der Waals surface area (Å²) in [5, 5.41) is 1.14. The third-order valence-electron chi connectivity index (χ3n) is 3.48. The number of aryl methyl sites for hydroxylation is 1. The minimum absolute atomic E-state index is 0.760. The highest BCUT2D eigenvalue weighted by molar-refractivity contribution is 7.71. The van der Waals surface area contributed by atoms with Gasteiger partial charge in [0.25, 0.3) is 0 Å². The molecule has 0 aliphatic rings. The van der Waals surface area contributed by atoms with Gasteiger partial charge in [-0.3, -0.25) is 4.98 Å². The van der Waals surface area contributed by atoms with Crippen LogP contribution in [0.2, 0.25) is 0 Å². The van der Waals surface area contributed by atoms with E-state index in [4.69, 9.17) is 17.0 Å². The summed E-state index contributed by atoms with van der Waals surface area (Å²) in [5.41, 5.74) is 3.15. The van der Waals surface area contributed by atoms with Gasteiger partial charge in [-0.2, -0.15) is 0 Å². The number of aromatic nitrogens is 3. The molecule has 3 aromatic rings. The third kappa shape index (κ3) is 2.34. The SMILES string of the molecule is COCCCCn1c(=S)[nH]c2cnc3ccccc3c21. The molecule has 2 aromatic heterocycles. The maximum absolute atomic E-state index is 5.44. The van der Waals surface area contributed by atoms with Gasteiger partial charge >= 0.3 is 0 Å². The Morgan fingerprint density at radius 3 is 3.00 bits per heavy atom. The highest BCUT2D eigenvalue weighted by atomic mass is 32.1. The lowest BCUT2D eigenvalue weighted by Crippen LogP contribution is -2.00. The van der Waals surface area contributed by atoms with Crippen molar-refractivity contribution in [2.45, 2.75) is 19.4 Å². The van der Waals surface area contributed by atoms with E-state index in [1.54, 1.807) is 7.11 Å². The first kappa shape index (κ1) is 13.3. The number of H-pyrrole nitrogens is 1. The Morgan fingerprint density at radius 1 is 1.30 bits per heavy atom. The molecule has 1 N–H and O–H groups in total. The predicted octanol–water partition coefficient (Wildman–Crippen LogP) is 3.67. The summed E-state index contributed by atoms with van der Waals surface area (Å²) in [6.07, 6.45) is 3.94. The Balaban J connectivity index is 2.08. The summed E-state index contributed by atoms with van der Waals surface area (Å²) >= 11 is 5.44. The van der Waals surface area contributed by atoms with Crippen molar-refractivity contribution in [3.05, 3.63) is 35.2 Å². The largest absolute Gasteiger partial charge is 0.385 e. The van der Waals surface area contributed by atoms with Crippen molar-refractivity contribution in [3.63, 3.8) is 0 Å². The highest BCUT2D eigenvalue weighted by Gasteiger charge is 2.08. The van der Waals surface area contributed by atoms with Gasteiger partial charge in [0.1, 0.15) is 0 Å². The molecule has 1 aromatic carbocycles. The minimum atomic E-state index is 0.760. The molecule has 0 atom stereocenters. The van der Waals surface area contributed by atoms with Crippen molar-refractivity contribution in [2.24, 2.45) is 0 Å². The molecule has 0 spiro atoms. The van der Waals surface area contributed by atoms with Crippen LogP contribution in [0.1, 0.15) is 12.8 Å². The molecule has 0 radical (unpaired) electrons. The van der Waals surface area contributed by atoms with Crippen LogP contribution in [0.4, 0.5) is 0 Å². The number of nitrogens with zero attached hydrogens (tertiary/aromatic N) is 2. The fourth-order valence-electron chi connectivity index (χ4n) is 2.52. The van der Waals surface area contributed by atoms with Crippen molar-refractivity contribution in [3.8, 4) is 0 Å². The van der Waals surface area contributed by atoms with Gasteiger partial charge in [-0.1, -0.05) is 18.2 Å². The number of rotatable bonds is 5.